The first-order valence-electron chi connectivity index (χ1n) is 5.69. The largest absolute Gasteiger partial charge is 0.368 e. The van der Waals surface area contributed by atoms with Crippen LogP contribution in [0, 0.1) is 5.92 Å². The predicted molar refractivity (Wildman–Crippen MR) is 68.2 cm³/mol. The number of primary amides is 1. The second-order valence-corrected chi connectivity index (χ2v) is 4.59. The molecular weight excluding hydrogens is 272 g/mol. The Morgan fingerprint density at radius 2 is 2.00 bits per heavy atom. The molecule has 0 aromatic rings. The monoisotopic (exact) mass is 292 g/mol. The molecule has 0 bridgehead atoms. The van der Waals surface area contributed by atoms with Crippen LogP contribution in [0.2, 0.25) is 0 Å². The van der Waals surface area contributed by atoms with Crippen molar-refractivity contribution in [1.29, 1.82) is 0 Å². The molecule has 5 heteroatoms. The van der Waals surface area contributed by atoms with Gasteiger partial charge in [0.1, 0.15) is 6.04 Å². The molecule has 2 atom stereocenters. The minimum Gasteiger partial charge on any atom is -0.368 e. The quantitative estimate of drug-likeness (QED) is 0.667. The first-order valence-corrected chi connectivity index (χ1v) is 6.81. The van der Waals surface area contributed by atoms with Gasteiger partial charge in [-0.2, -0.15) is 0 Å². The fourth-order valence-corrected chi connectivity index (χ4v) is 2.08. The van der Waals surface area contributed by atoms with Crippen molar-refractivity contribution in [2.24, 2.45) is 11.7 Å². The first kappa shape index (κ1) is 15.4. The van der Waals surface area contributed by atoms with Crippen LogP contribution in [0.25, 0.3) is 0 Å². The van der Waals surface area contributed by atoms with Gasteiger partial charge in [-0.15, -0.1) is 0 Å². The number of carbonyl (C=O) groups excluding carboxylic acids is 2. The maximum Gasteiger partial charge on any atom is 0.239 e. The Bertz CT molecular complexity index is 234. The number of alkyl halides is 1. The zero-order chi connectivity index (χ0) is 12.6. The molecule has 0 radical (unpaired) electrons. The lowest BCUT2D eigenvalue weighted by Gasteiger charge is -2.16. The van der Waals surface area contributed by atoms with Crippen molar-refractivity contribution in [1.82, 2.24) is 5.32 Å². The highest BCUT2D eigenvalue weighted by atomic mass is 79.9. The highest BCUT2D eigenvalue weighted by molar-refractivity contribution is 9.09. The number of nitrogens with two attached hydrogens (primary N) is 1. The van der Waals surface area contributed by atoms with E-state index in [-0.39, 0.29) is 5.91 Å². The first-order chi connectivity index (χ1) is 7.54. The predicted octanol–water partition coefficient (Wildman–Crippen LogP) is 1.57. The average Bonchev–Trinajstić information content (AvgIpc) is 2.24. The third-order valence-corrected chi connectivity index (χ3v) is 3.39. The van der Waals surface area contributed by atoms with Crippen molar-refractivity contribution in [3.05, 3.63) is 0 Å². The molecule has 0 aliphatic heterocycles. The van der Waals surface area contributed by atoms with E-state index in [2.05, 4.69) is 28.2 Å². The number of amides is 2. The number of hydrogen-bond donors (Lipinski definition) is 2. The highest BCUT2D eigenvalue weighted by Crippen LogP contribution is 2.14. The van der Waals surface area contributed by atoms with E-state index < -0.39 is 11.9 Å². The smallest absolute Gasteiger partial charge is 0.239 e. The zero-order valence-electron chi connectivity index (χ0n) is 9.96. The van der Waals surface area contributed by atoms with Crippen LogP contribution in [-0.4, -0.2) is 23.2 Å². The van der Waals surface area contributed by atoms with Gasteiger partial charge >= 0.3 is 0 Å². The lowest BCUT2D eigenvalue weighted by atomic mass is 10.0. The minimum absolute atomic E-state index is 0.0939. The second-order valence-electron chi connectivity index (χ2n) is 3.94. The minimum atomic E-state index is -0.537. The van der Waals surface area contributed by atoms with Gasteiger partial charge in [0, 0.05) is 11.8 Å². The van der Waals surface area contributed by atoms with Crippen molar-refractivity contribution in [2.75, 3.05) is 5.33 Å². The second kappa shape index (κ2) is 8.56. The van der Waals surface area contributed by atoms with Crippen LogP contribution < -0.4 is 11.1 Å². The highest BCUT2D eigenvalue weighted by Gasteiger charge is 2.18. The Labute approximate surface area is 105 Å². The summed E-state index contributed by atoms with van der Waals surface area (Å²) in [6.07, 6.45) is 3.04. The van der Waals surface area contributed by atoms with E-state index in [1.54, 1.807) is 0 Å². The number of halogens is 1. The summed E-state index contributed by atoms with van der Waals surface area (Å²) in [5, 5.41) is 3.46. The van der Waals surface area contributed by atoms with Gasteiger partial charge in [-0.05, 0) is 18.8 Å². The lowest BCUT2D eigenvalue weighted by molar-refractivity contribution is -0.127. The van der Waals surface area contributed by atoms with Crippen LogP contribution in [0.5, 0.6) is 0 Å². The van der Waals surface area contributed by atoms with Gasteiger partial charge in [-0.25, -0.2) is 0 Å². The van der Waals surface area contributed by atoms with Gasteiger partial charge in [-0.1, -0.05) is 36.2 Å². The van der Waals surface area contributed by atoms with E-state index in [1.807, 2.05) is 6.92 Å². The summed E-state index contributed by atoms with van der Waals surface area (Å²) in [7, 11) is 0. The summed E-state index contributed by atoms with van der Waals surface area (Å²) in [6.45, 7) is 3.91. The summed E-state index contributed by atoms with van der Waals surface area (Å²) < 4.78 is 0. The van der Waals surface area contributed by atoms with Gasteiger partial charge in [0.15, 0.2) is 0 Å². The van der Waals surface area contributed by atoms with Crippen LogP contribution in [0.15, 0.2) is 0 Å². The standard InChI is InChI=1S/C11H21BrN2O2/c1-3-5-8(7-12)6-10(15)14-9(4-2)11(13)16/h8-9H,3-7H2,1-2H3,(H2,13,16)(H,14,15)/t8-,9?/m1/s1. The van der Waals surface area contributed by atoms with Gasteiger partial charge in [0.05, 0.1) is 0 Å². The van der Waals surface area contributed by atoms with Crippen LogP contribution in [-0.2, 0) is 9.59 Å². The molecule has 0 aromatic carbocycles. The van der Waals surface area contributed by atoms with Crippen LogP contribution in [0.3, 0.4) is 0 Å². The molecule has 4 nitrogen and oxygen atoms in total. The number of carbonyl (C=O) groups is 2. The summed E-state index contributed by atoms with van der Waals surface area (Å²) in [4.78, 5) is 22.6. The molecule has 0 spiro atoms. The number of rotatable bonds is 8. The van der Waals surface area contributed by atoms with Crippen molar-refractivity contribution in [3.8, 4) is 0 Å². The Morgan fingerprint density at radius 1 is 1.38 bits per heavy atom. The summed E-state index contributed by atoms with van der Waals surface area (Å²) in [5.41, 5.74) is 5.15. The van der Waals surface area contributed by atoms with Gasteiger partial charge in [0.25, 0.3) is 0 Å². The maximum absolute atomic E-state index is 11.6. The van der Waals surface area contributed by atoms with E-state index in [0.717, 1.165) is 18.2 Å². The fraction of sp³-hybridized carbons (Fsp3) is 0.818. The molecular formula is C11H21BrN2O2. The van der Waals surface area contributed by atoms with Crippen molar-refractivity contribution >= 4 is 27.7 Å². The van der Waals surface area contributed by atoms with Crippen molar-refractivity contribution in [2.45, 2.75) is 45.6 Å². The molecule has 3 N–H and O–H groups in total. The fourth-order valence-electron chi connectivity index (χ4n) is 1.53. The van der Waals surface area contributed by atoms with E-state index in [0.29, 0.717) is 18.8 Å². The van der Waals surface area contributed by atoms with Crippen molar-refractivity contribution in [3.63, 3.8) is 0 Å². The van der Waals surface area contributed by atoms with E-state index >= 15 is 0 Å². The molecule has 0 aliphatic rings. The van der Waals surface area contributed by atoms with Crippen LogP contribution >= 0.6 is 15.9 Å². The average molecular weight is 293 g/mol. The summed E-state index contributed by atoms with van der Waals surface area (Å²) >= 11 is 3.39. The molecule has 0 rings (SSSR count). The van der Waals surface area contributed by atoms with E-state index in [4.69, 9.17) is 5.73 Å². The van der Waals surface area contributed by atoms with Crippen molar-refractivity contribution < 1.29 is 9.59 Å². The number of hydrogen-bond acceptors (Lipinski definition) is 2. The van der Waals surface area contributed by atoms with Crippen LogP contribution in [0.1, 0.15) is 39.5 Å². The van der Waals surface area contributed by atoms with E-state index in [1.165, 1.54) is 0 Å². The molecule has 0 aromatic heterocycles. The Hall–Kier alpha value is -0.580. The van der Waals surface area contributed by atoms with Gasteiger partial charge < -0.3 is 11.1 Å². The zero-order valence-corrected chi connectivity index (χ0v) is 11.5. The molecule has 1 unspecified atom stereocenters. The molecule has 16 heavy (non-hydrogen) atoms. The van der Waals surface area contributed by atoms with E-state index in [9.17, 15) is 9.59 Å². The molecule has 0 fully saturated rings. The third-order valence-electron chi connectivity index (χ3n) is 2.48. The van der Waals surface area contributed by atoms with Gasteiger partial charge in [0.2, 0.25) is 11.8 Å². The molecule has 94 valence electrons. The molecule has 0 saturated heterocycles. The Balaban J connectivity index is 4.09. The number of nitrogens with one attached hydrogen (secondary N) is 1. The topological polar surface area (TPSA) is 72.2 Å². The molecule has 0 aliphatic carbocycles. The lowest BCUT2D eigenvalue weighted by Crippen LogP contribution is -2.44. The molecule has 2 amide bonds. The normalized spacial score (nSPS) is 14.2. The molecule has 0 heterocycles. The summed E-state index contributed by atoms with van der Waals surface area (Å²) in [5.74, 6) is -0.235. The Kier molecular flexibility index (Phi) is 8.25. The Morgan fingerprint density at radius 3 is 2.38 bits per heavy atom. The van der Waals surface area contributed by atoms with Crippen LogP contribution in [0.4, 0.5) is 0 Å². The molecule has 0 saturated carbocycles. The van der Waals surface area contributed by atoms with Gasteiger partial charge in [-0.3, -0.25) is 9.59 Å². The SMILES string of the molecule is CCC[C@@H](CBr)CC(=O)NC(CC)C(N)=O. The maximum atomic E-state index is 11.6. The summed E-state index contributed by atoms with van der Waals surface area (Å²) in [6, 6.07) is -0.537. The third kappa shape index (κ3) is 6.10.